The Labute approximate surface area is 179 Å². The molecule has 2 aromatic heterocycles. The minimum Gasteiger partial charge on any atom is -0.491 e. The fourth-order valence-corrected chi connectivity index (χ4v) is 2.80. The normalized spacial score (nSPS) is 11.5. The van der Waals surface area contributed by atoms with E-state index < -0.39 is 0 Å². The molecule has 1 aromatic carbocycles. The molecular formula is C22H22ClN3O4. The highest BCUT2D eigenvalue weighted by Crippen LogP contribution is 2.16. The maximum atomic E-state index is 12.5. The first-order valence-corrected chi connectivity index (χ1v) is 9.85. The number of amides is 1. The number of carbonyl (C=O) groups is 1. The lowest BCUT2D eigenvalue weighted by Crippen LogP contribution is -2.32. The van der Waals surface area contributed by atoms with E-state index in [4.69, 9.17) is 21.1 Å². The number of halogens is 1. The zero-order valence-electron chi connectivity index (χ0n) is 16.5. The van der Waals surface area contributed by atoms with Crippen LogP contribution in [-0.4, -0.2) is 28.6 Å². The summed E-state index contributed by atoms with van der Waals surface area (Å²) in [6.45, 7) is 2.59. The van der Waals surface area contributed by atoms with E-state index in [1.54, 1.807) is 54.9 Å². The molecule has 0 spiro atoms. The maximum Gasteiger partial charge on any atom is 0.258 e. The van der Waals surface area contributed by atoms with Crippen LogP contribution in [0, 0.1) is 0 Å². The number of nitrogens with one attached hydrogen (secondary N) is 1. The minimum absolute atomic E-state index is 0.0413. The van der Waals surface area contributed by atoms with Crippen LogP contribution in [0.4, 0.5) is 0 Å². The molecule has 1 atom stereocenters. The van der Waals surface area contributed by atoms with E-state index in [-0.39, 0.29) is 18.2 Å². The van der Waals surface area contributed by atoms with Crippen LogP contribution in [0.15, 0.2) is 65.7 Å². The number of ether oxygens (including phenoxy) is 2. The molecule has 0 aliphatic carbocycles. The molecule has 0 aliphatic heterocycles. The second-order valence-electron chi connectivity index (χ2n) is 6.52. The molecule has 3 aromatic rings. The molecule has 0 saturated carbocycles. The van der Waals surface area contributed by atoms with Gasteiger partial charge in [0.1, 0.15) is 24.7 Å². The van der Waals surface area contributed by atoms with E-state index in [0.717, 1.165) is 6.42 Å². The van der Waals surface area contributed by atoms with Gasteiger partial charge in [0.2, 0.25) is 6.41 Å². The summed E-state index contributed by atoms with van der Waals surface area (Å²) in [5.74, 6) is 1.12. The topological polar surface area (TPSA) is 82.4 Å². The molecule has 1 N–H and O–H groups in total. The van der Waals surface area contributed by atoms with Gasteiger partial charge in [0.25, 0.3) is 5.56 Å². The third-order valence-corrected chi connectivity index (χ3v) is 4.65. The first-order chi connectivity index (χ1) is 14.6. The van der Waals surface area contributed by atoms with Crippen LogP contribution in [-0.2, 0) is 11.4 Å². The Hall–Kier alpha value is -3.32. The number of carbonyl (C=O) groups excluding carboxylic acids is 1. The zero-order valence-corrected chi connectivity index (χ0v) is 17.2. The smallest absolute Gasteiger partial charge is 0.258 e. The van der Waals surface area contributed by atoms with E-state index in [9.17, 15) is 9.59 Å². The van der Waals surface area contributed by atoms with Crippen molar-refractivity contribution in [1.82, 2.24) is 14.9 Å². The lowest BCUT2D eigenvalue weighted by Gasteiger charge is -2.15. The van der Waals surface area contributed by atoms with Gasteiger partial charge in [-0.3, -0.25) is 19.1 Å². The van der Waals surface area contributed by atoms with Gasteiger partial charge in [-0.25, -0.2) is 0 Å². The summed E-state index contributed by atoms with van der Waals surface area (Å²) in [6.07, 6.45) is 4.65. The summed E-state index contributed by atoms with van der Waals surface area (Å²) in [6, 6.07) is 13.8. The third-order valence-electron chi connectivity index (χ3n) is 4.43. The molecule has 7 nitrogen and oxygen atoms in total. The van der Waals surface area contributed by atoms with Gasteiger partial charge in [0, 0.05) is 24.1 Å². The number of benzene rings is 1. The minimum atomic E-state index is -0.216. The van der Waals surface area contributed by atoms with Crippen LogP contribution in [0.2, 0.25) is 5.02 Å². The Bertz CT molecular complexity index is 1020. The van der Waals surface area contributed by atoms with Crippen LogP contribution >= 0.6 is 11.6 Å². The molecule has 1 amide bonds. The molecule has 8 heteroatoms. The Morgan fingerprint density at radius 1 is 1.13 bits per heavy atom. The molecule has 3 rings (SSSR count). The average molecular weight is 428 g/mol. The zero-order chi connectivity index (χ0) is 21.3. The second-order valence-corrected chi connectivity index (χ2v) is 6.96. The SMILES string of the molecule is CC[C@@H](COc1ccc(-n2ccc(OCc3ccc(Cl)cn3)cc2=O)cc1)NC=O. The van der Waals surface area contributed by atoms with Crippen molar-refractivity contribution >= 4 is 18.0 Å². The van der Waals surface area contributed by atoms with Crippen LogP contribution in [0.1, 0.15) is 19.0 Å². The van der Waals surface area contributed by atoms with E-state index in [1.807, 2.05) is 6.92 Å². The molecule has 0 fully saturated rings. The average Bonchev–Trinajstić information content (AvgIpc) is 2.77. The highest BCUT2D eigenvalue weighted by Gasteiger charge is 2.07. The highest BCUT2D eigenvalue weighted by atomic mass is 35.5. The van der Waals surface area contributed by atoms with Crippen molar-refractivity contribution in [2.45, 2.75) is 26.0 Å². The number of aromatic nitrogens is 2. The number of hydrogen-bond donors (Lipinski definition) is 1. The molecule has 0 bridgehead atoms. The largest absolute Gasteiger partial charge is 0.491 e. The first-order valence-electron chi connectivity index (χ1n) is 9.48. The Morgan fingerprint density at radius 3 is 2.57 bits per heavy atom. The molecule has 2 heterocycles. The van der Waals surface area contributed by atoms with Crippen LogP contribution < -0.4 is 20.3 Å². The van der Waals surface area contributed by atoms with Crippen molar-refractivity contribution in [3.8, 4) is 17.2 Å². The van der Waals surface area contributed by atoms with Crippen molar-refractivity contribution in [1.29, 1.82) is 0 Å². The van der Waals surface area contributed by atoms with Crippen LogP contribution in [0.3, 0.4) is 0 Å². The van der Waals surface area contributed by atoms with Crippen molar-refractivity contribution < 1.29 is 14.3 Å². The van der Waals surface area contributed by atoms with Crippen molar-refractivity contribution in [2.75, 3.05) is 6.61 Å². The van der Waals surface area contributed by atoms with Crippen LogP contribution in [0.5, 0.6) is 11.5 Å². The molecular weight excluding hydrogens is 406 g/mol. The number of pyridine rings is 2. The summed E-state index contributed by atoms with van der Waals surface area (Å²) in [5, 5.41) is 3.26. The second kappa shape index (κ2) is 10.5. The van der Waals surface area contributed by atoms with Gasteiger partial charge in [0.05, 0.1) is 16.8 Å². The fraction of sp³-hybridized carbons (Fsp3) is 0.227. The van der Waals surface area contributed by atoms with E-state index in [1.165, 1.54) is 10.6 Å². The predicted octanol–water partition coefficient (Wildman–Crippen LogP) is 3.37. The Balaban J connectivity index is 1.62. The van der Waals surface area contributed by atoms with E-state index in [2.05, 4.69) is 10.3 Å². The lowest BCUT2D eigenvalue weighted by atomic mass is 10.2. The number of nitrogens with zero attached hydrogens (tertiary/aromatic N) is 2. The van der Waals surface area contributed by atoms with E-state index >= 15 is 0 Å². The maximum absolute atomic E-state index is 12.5. The predicted molar refractivity (Wildman–Crippen MR) is 114 cm³/mol. The van der Waals surface area contributed by atoms with Gasteiger partial charge in [-0.05, 0) is 48.9 Å². The van der Waals surface area contributed by atoms with Gasteiger partial charge in [-0.15, -0.1) is 0 Å². The van der Waals surface area contributed by atoms with Crippen molar-refractivity contribution in [2.24, 2.45) is 0 Å². The van der Waals surface area contributed by atoms with Crippen molar-refractivity contribution in [3.05, 3.63) is 82.0 Å². The summed E-state index contributed by atoms with van der Waals surface area (Å²) in [4.78, 5) is 27.2. The fourth-order valence-electron chi connectivity index (χ4n) is 2.69. The first kappa shape index (κ1) is 21.4. The summed E-state index contributed by atoms with van der Waals surface area (Å²) in [7, 11) is 0. The summed E-state index contributed by atoms with van der Waals surface area (Å²) < 4.78 is 12.8. The quantitative estimate of drug-likeness (QED) is 0.501. The van der Waals surface area contributed by atoms with Gasteiger partial charge in [-0.2, -0.15) is 0 Å². The van der Waals surface area contributed by atoms with Crippen LogP contribution in [0.25, 0.3) is 5.69 Å². The Morgan fingerprint density at radius 2 is 1.93 bits per heavy atom. The lowest BCUT2D eigenvalue weighted by molar-refractivity contribution is -0.110. The number of hydrogen-bond acceptors (Lipinski definition) is 5. The monoisotopic (exact) mass is 427 g/mol. The van der Waals surface area contributed by atoms with Gasteiger partial charge in [0.15, 0.2) is 0 Å². The molecule has 0 unspecified atom stereocenters. The molecule has 30 heavy (non-hydrogen) atoms. The molecule has 0 radical (unpaired) electrons. The van der Waals surface area contributed by atoms with Gasteiger partial charge < -0.3 is 14.8 Å². The summed E-state index contributed by atoms with van der Waals surface area (Å²) >= 11 is 5.82. The highest BCUT2D eigenvalue weighted by molar-refractivity contribution is 6.30. The number of rotatable bonds is 10. The standard InChI is InChI=1S/C22H22ClN3O4/c1-2-17(25-15-27)13-29-20-7-5-19(6-8-20)26-10-9-21(11-22(26)28)30-14-18-4-3-16(23)12-24-18/h3-12,15,17H,2,13-14H2,1H3,(H,25,27)/t17-/m0/s1. The molecule has 0 aliphatic rings. The third kappa shape index (κ3) is 5.84. The Kier molecular flexibility index (Phi) is 7.45. The molecule has 0 saturated heterocycles. The molecule has 156 valence electrons. The van der Waals surface area contributed by atoms with E-state index in [0.29, 0.717) is 40.9 Å². The van der Waals surface area contributed by atoms with Crippen molar-refractivity contribution in [3.63, 3.8) is 0 Å². The summed E-state index contributed by atoms with van der Waals surface area (Å²) in [5.41, 5.74) is 1.20. The van der Waals surface area contributed by atoms with Gasteiger partial charge >= 0.3 is 0 Å². The van der Waals surface area contributed by atoms with Gasteiger partial charge in [-0.1, -0.05) is 18.5 Å².